The highest BCUT2D eigenvalue weighted by molar-refractivity contribution is 7.88. The summed E-state index contributed by atoms with van der Waals surface area (Å²) in [6.07, 6.45) is 0.166. The molecule has 0 atom stereocenters. The molecule has 0 heterocycles. The van der Waals surface area contributed by atoms with Crippen molar-refractivity contribution >= 4 is 10.0 Å². The molecule has 0 saturated heterocycles. The van der Waals surface area contributed by atoms with E-state index in [1.807, 2.05) is 19.1 Å². The average molecular weight is 325 g/mol. The molecule has 2 aromatic carbocycles. The lowest BCUT2D eigenvalue weighted by Gasteiger charge is -2.09. The number of hydrogen-bond acceptors (Lipinski definition) is 2. The fraction of sp³-hybridized carbons (Fsp3) is 0.250. The Kier molecular flexibility index (Phi) is 5.26. The van der Waals surface area contributed by atoms with Gasteiger partial charge in [-0.15, -0.1) is 0 Å². The van der Waals surface area contributed by atoms with Crippen molar-refractivity contribution in [2.45, 2.75) is 19.1 Å². The highest BCUT2D eigenvalue weighted by atomic mass is 32.2. The smallest absolute Gasteiger partial charge is 0.215 e. The van der Waals surface area contributed by atoms with Gasteiger partial charge < -0.3 is 0 Å². The maximum Gasteiger partial charge on any atom is 0.215 e. The van der Waals surface area contributed by atoms with E-state index in [-0.39, 0.29) is 24.3 Å². The zero-order chi connectivity index (χ0) is 16.2. The molecule has 0 aliphatic heterocycles. The Morgan fingerprint density at radius 1 is 1.05 bits per heavy atom. The first-order valence-electron chi connectivity index (χ1n) is 6.83. The summed E-state index contributed by atoms with van der Waals surface area (Å²) < 4.78 is 52.7. The van der Waals surface area contributed by atoms with Gasteiger partial charge in [-0.3, -0.25) is 0 Å². The van der Waals surface area contributed by atoms with Gasteiger partial charge in [-0.1, -0.05) is 30.3 Å². The molecule has 0 radical (unpaired) electrons. The topological polar surface area (TPSA) is 46.2 Å². The molecule has 0 aliphatic carbocycles. The molecule has 118 valence electrons. The van der Waals surface area contributed by atoms with Crippen LogP contribution in [-0.4, -0.2) is 15.0 Å². The second kappa shape index (κ2) is 6.98. The quantitative estimate of drug-likeness (QED) is 0.887. The number of sulfonamides is 1. The fourth-order valence-electron chi connectivity index (χ4n) is 2.09. The Hall–Kier alpha value is -1.79. The number of halogens is 2. The van der Waals surface area contributed by atoms with Crippen molar-refractivity contribution in [2.75, 3.05) is 6.54 Å². The highest BCUT2D eigenvalue weighted by Crippen LogP contribution is 2.12. The van der Waals surface area contributed by atoms with Crippen LogP contribution in [0.15, 0.2) is 42.5 Å². The second-order valence-corrected chi connectivity index (χ2v) is 6.87. The molecule has 2 aromatic rings. The first-order chi connectivity index (χ1) is 10.4. The minimum atomic E-state index is -3.49. The molecule has 22 heavy (non-hydrogen) atoms. The van der Waals surface area contributed by atoms with Gasteiger partial charge >= 0.3 is 0 Å². The minimum Gasteiger partial charge on any atom is -0.215 e. The zero-order valence-electron chi connectivity index (χ0n) is 12.1. The van der Waals surface area contributed by atoms with Gasteiger partial charge in [0.15, 0.2) is 0 Å². The standard InChI is InChI=1S/C16H17F2NO2S/c1-12-4-2-3-5-14(12)11-22(20,21)19-9-8-13-6-7-15(17)10-16(13)18/h2-7,10,19H,8-9,11H2,1H3. The summed E-state index contributed by atoms with van der Waals surface area (Å²) >= 11 is 0. The molecule has 0 saturated carbocycles. The first-order valence-corrected chi connectivity index (χ1v) is 8.48. The third-order valence-electron chi connectivity index (χ3n) is 3.34. The monoisotopic (exact) mass is 325 g/mol. The molecule has 2 rings (SSSR count). The number of rotatable bonds is 6. The first kappa shape index (κ1) is 16.6. The number of aryl methyl sites for hydroxylation is 1. The summed E-state index contributed by atoms with van der Waals surface area (Å²) in [7, 11) is -3.49. The summed E-state index contributed by atoms with van der Waals surface area (Å²) in [4.78, 5) is 0. The average Bonchev–Trinajstić information content (AvgIpc) is 2.43. The minimum absolute atomic E-state index is 0.0662. The van der Waals surface area contributed by atoms with Crippen LogP contribution in [0.3, 0.4) is 0 Å². The summed E-state index contributed by atoms with van der Waals surface area (Å²) in [5.41, 5.74) is 1.90. The van der Waals surface area contributed by atoms with Crippen LogP contribution in [0, 0.1) is 18.6 Å². The highest BCUT2D eigenvalue weighted by Gasteiger charge is 2.13. The molecule has 0 unspecified atom stereocenters. The van der Waals surface area contributed by atoms with Gasteiger partial charge in [0.2, 0.25) is 10.0 Å². The van der Waals surface area contributed by atoms with Gasteiger partial charge in [0, 0.05) is 12.6 Å². The van der Waals surface area contributed by atoms with Crippen LogP contribution in [0.4, 0.5) is 8.78 Å². The van der Waals surface area contributed by atoms with Crippen molar-refractivity contribution in [1.82, 2.24) is 4.72 Å². The lowest BCUT2D eigenvalue weighted by Crippen LogP contribution is -2.27. The van der Waals surface area contributed by atoms with Gasteiger partial charge in [-0.05, 0) is 36.1 Å². The lowest BCUT2D eigenvalue weighted by atomic mass is 10.1. The van der Waals surface area contributed by atoms with Gasteiger partial charge in [0.1, 0.15) is 11.6 Å². The van der Waals surface area contributed by atoms with Gasteiger partial charge in [-0.2, -0.15) is 0 Å². The Labute approximate surface area is 129 Å². The number of nitrogens with one attached hydrogen (secondary N) is 1. The van der Waals surface area contributed by atoms with E-state index < -0.39 is 21.7 Å². The third kappa shape index (κ3) is 4.61. The molecular weight excluding hydrogens is 308 g/mol. The van der Waals surface area contributed by atoms with E-state index in [9.17, 15) is 17.2 Å². The number of benzene rings is 2. The van der Waals surface area contributed by atoms with Crippen LogP contribution in [-0.2, 0) is 22.2 Å². The van der Waals surface area contributed by atoms with E-state index in [2.05, 4.69) is 4.72 Å². The van der Waals surface area contributed by atoms with Crippen molar-refractivity contribution in [2.24, 2.45) is 0 Å². The fourth-order valence-corrected chi connectivity index (χ4v) is 3.34. The normalized spacial score (nSPS) is 11.6. The maximum atomic E-state index is 13.5. The second-order valence-electron chi connectivity index (χ2n) is 5.07. The molecule has 0 spiro atoms. The van der Waals surface area contributed by atoms with E-state index in [4.69, 9.17) is 0 Å². The van der Waals surface area contributed by atoms with Crippen LogP contribution in [0.2, 0.25) is 0 Å². The predicted octanol–water partition coefficient (Wildman–Crippen LogP) is 2.94. The molecule has 3 nitrogen and oxygen atoms in total. The van der Waals surface area contributed by atoms with Crippen molar-refractivity contribution in [3.63, 3.8) is 0 Å². The molecular formula is C16H17F2NO2S. The van der Waals surface area contributed by atoms with Gasteiger partial charge in [-0.25, -0.2) is 21.9 Å². The maximum absolute atomic E-state index is 13.5. The summed E-state index contributed by atoms with van der Waals surface area (Å²) in [5.74, 6) is -1.44. The SMILES string of the molecule is Cc1ccccc1CS(=O)(=O)NCCc1ccc(F)cc1F. The molecule has 0 bridgehead atoms. The van der Waals surface area contributed by atoms with Gasteiger partial charge in [0.05, 0.1) is 5.75 Å². The molecule has 1 N–H and O–H groups in total. The Bertz CT molecular complexity index is 760. The Morgan fingerprint density at radius 2 is 1.77 bits per heavy atom. The zero-order valence-corrected chi connectivity index (χ0v) is 13.0. The van der Waals surface area contributed by atoms with E-state index in [1.165, 1.54) is 6.07 Å². The van der Waals surface area contributed by atoms with Crippen LogP contribution < -0.4 is 4.72 Å². The summed E-state index contributed by atoms with van der Waals surface area (Å²) in [6.45, 7) is 1.91. The molecule has 0 amide bonds. The van der Waals surface area contributed by atoms with Crippen molar-refractivity contribution in [3.05, 3.63) is 70.8 Å². The van der Waals surface area contributed by atoms with Crippen LogP contribution in [0.5, 0.6) is 0 Å². The third-order valence-corrected chi connectivity index (χ3v) is 4.67. The van der Waals surface area contributed by atoms with Crippen LogP contribution >= 0.6 is 0 Å². The van der Waals surface area contributed by atoms with Gasteiger partial charge in [0.25, 0.3) is 0 Å². The molecule has 0 fully saturated rings. The molecule has 6 heteroatoms. The van der Waals surface area contributed by atoms with E-state index in [0.29, 0.717) is 0 Å². The Balaban J connectivity index is 1.94. The van der Waals surface area contributed by atoms with Crippen LogP contribution in [0.25, 0.3) is 0 Å². The molecule has 0 aliphatic rings. The van der Waals surface area contributed by atoms with E-state index in [0.717, 1.165) is 23.3 Å². The Morgan fingerprint density at radius 3 is 2.45 bits per heavy atom. The van der Waals surface area contributed by atoms with E-state index in [1.54, 1.807) is 12.1 Å². The number of hydrogen-bond donors (Lipinski definition) is 1. The summed E-state index contributed by atoms with van der Waals surface area (Å²) in [5, 5.41) is 0. The van der Waals surface area contributed by atoms with Crippen LogP contribution in [0.1, 0.15) is 16.7 Å². The summed E-state index contributed by atoms with van der Waals surface area (Å²) in [6, 6.07) is 10.5. The predicted molar refractivity (Wildman–Crippen MR) is 81.9 cm³/mol. The van der Waals surface area contributed by atoms with Crippen molar-refractivity contribution < 1.29 is 17.2 Å². The van der Waals surface area contributed by atoms with E-state index >= 15 is 0 Å². The van der Waals surface area contributed by atoms with Crippen molar-refractivity contribution in [1.29, 1.82) is 0 Å². The lowest BCUT2D eigenvalue weighted by molar-refractivity contribution is 0.565. The largest absolute Gasteiger partial charge is 0.215 e. The molecule has 0 aromatic heterocycles. The van der Waals surface area contributed by atoms with Crippen molar-refractivity contribution in [3.8, 4) is 0 Å².